The minimum atomic E-state index is -0.328. The molecule has 2 aromatic rings. The monoisotopic (exact) mass is 433 g/mol. The molecule has 0 amide bonds. The summed E-state index contributed by atoms with van der Waals surface area (Å²) in [4.78, 5) is 0. The van der Waals surface area contributed by atoms with Crippen LogP contribution in [0, 0.1) is 0 Å². The van der Waals surface area contributed by atoms with Gasteiger partial charge in [-0.1, -0.05) is 56.5 Å². The molecule has 0 radical (unpaired) electrons. The van der Waals surface area contributed by atoms with Gasteiger partial charge >= 0.3 is 7.12 Å². The van der Waals surface area contributed by atoms with Crippen LogP contribution in [-0.2, 0) is 22.2 Å². The molecule has 1 unspecified atom stereocenters. The van der Waals surface area contributed by atoms with Crippen LogP contribution in [0.1, 0.15) is 95.9 Å². The van der Waals surface area contributed by atoms with E-state index < -0.39 is 0 Å². The minimum Gasteiger partial charge on any atom is -0.399 e. The van der Waals surface area contributed by atoms with Crippen molar-refractivity contribution in [2.45, 2.75) is 103 Å². The number of benzene rings is 2. The van der Waals surface area contributed by atoms with Crippen molar-refractivity contribution in [1.82, 2.24) is 0 Å². The van der Waals surface area contributed by atoms with Gasteiger partial charge in [-0.15, -0.1) is 0 Å². The zero-order valence-corrected chi connectivity index (χ0v) is 20.7. The van der Waals surface area contributed by atoms with Crippen LogP contribution in [0.3, 0.4) is 0 Å². The number of fused-ring (bicyclic) bond motifs is 1. The summed E-state index contributed by atoms with van der Waals surface area (Å²) in [6.45, 7) is 10.8. The Morgan fingerprint density at radius 2 is 1.66 bits per heavy atom. The lowest BCUT2D eigenvalue weighted by molar-refractivity contribution is 0.00578. The first-order valence-electron chi connectivity index (χ1n) is 12.6. The minimum absolute atomic E-state index is 0.282. The Morgan fingerprint density at radius 3 is 2.34 bits per heavy atom. The summed E-state index contributed by atoms with van der Waals surface area (Å²) in [5, 5.41) is 3.83. The molecule has 1 heterocycles. The molecule has 1 aliphatic carbocycles. The predicted octanol–water partition coefficient (Wildman–Crippen LogP) is 6.60. The fourth-order valence-corrected chi connectivity index (χ4v) is 4.96. The number of rotatable bonds is 8. The molecule has 3 nitrogen and oxygen atoms in total. The lowest BCUT2D eigenvalue weighted by atomic mass is 9.70. The van der Waals surface area contributed by atoms with Gasteiger partial charge in [0.2, 0.25) is 0 Å². The van der Waals surface area contributed by atoms with Gasteiger partial charge in [0.25, 0.3) is 0 Å². The van der Waals surface area contributed by atoms with Crippen molar-refractivity contribution in [3.05, 3.63) is 59.2 Å². The van der Waals surface area contributed by atoms with Crippen LogP contribution in [0.5, 0.6) is 0 Å². The first kappa shape index (κ1) is 23.4. The fraction of sp³-hybridized carbons (Fsp3) is 0.571. The van der Waals surface area contributed by atoms with Crippen molar-refractivity contribution < 1.29 is 9.31 Å². The summed E-state index contributed by atoms with van der Waals surface area (Å²) in [6.07, 6.45) is 9.88. The summed E-state index contributed by atoms with van der Waals surface area (Å²) >= 11 is 0. The van der Waals surface area contributed by atoms with Crippen LogP contribution in [-0.4, -0.2) is 18.3 Å². The molecule has 0 bridgehead atoms. The predicted molar refractivity (Wildman–Crippen MR) is 136 cm³/mol. The van der Waals surface area contributed by atoms with Crippen molar-refractivity contribution >= 4 is 18.3 Å². The van der Waals surface area contributed by atoms with Crippen LogP contribution < -0.4 is 10.8 Å². The highest BCUT2D eigenvalue weighted by Gasteiger charge is 2.52. The van der Waals surface area contributed by atoms with Crippen LogP contribution in [0.4, 0.5) is 5.69 Å². The fourth-order valence-electron chi connectivity index (χ4n) is 4.96. The molecular weight excluding hydrogens is 393 g/mol. The molecule has 2 aliphatic rings. The second-order valence-corrected chi connectivity index (χ2v) is 10.6. The molecule has 0 spiro atoms. The topological polar surface area (TPSA) is 30.5 Å². The van der Waals surface area contributed by atoms with E-state index in [0.717, 1.165) is 12.8 Å². The van der Waals surface area contributed by atoms with Gasteiger partial charge in [0.05, 0.1) is 17.2 Å². The van der Waals surface area contributed by atoms with Crippen molar-refractivity contribution in [1.29, 1.82) is 0 Å². The Bertz CT molecular complexity index is 890. The molecule has 4 heteroatoms. The zero-order chi connectivity index (χ0) is 22.8. The molecule has 1 fully saturated rings. The Morgan fingerprint density at radius 1 is 0.938 bits per heavy atom. The normalized spacial score (nSPS) is 21.4. The largest absolute Gasteiger partial charge is 0.495 e. The number of unbranched alkanes of at least 4 members (excludes halogenated alkanes) is 3. The molecule has 0 aromatic heterocycles. The van der Waals surface area contributed by atoms with Gasteiger partial charge in [-0.05, 0) is 94.1 Å². The quantitative estimate of drug-likeness (QED) is 0.376. The Balaban J connectivity index is 1.51. The average molecular weight is 433 g/mol. The lowest BCUT2D eigenvalue weighted by Crippen LogP contribution is -2.41. The maximum atomic E-state index is 6.44. The molecule has 32 heavy (non-hydrogen) atoms. The van der Waals surface area contributed by atoms with E-state index in [9.17, 15) is 0 Å². The summed E-state index contributed by atoms with van der Waals surface area (Å²) in [7, 11) is -0.317. The summed E-state index contributed by atoms with van der Waals surface area (Å²) in [6, 6.07) is 16.0. The second-order valence-electron chi connectivity index (χ2n) is 10.6. The summed E-state index contributed by atoms with van der Waals surface area (Å²) < 4.78 is 12.9. The maximum absolute atomic E-state index is 6.44. The Kier molecular flexibility index (Phi) is 7.02. The van der Waals surface area contributed by atoms with Gasteiger partial charge < -0.3 is 14.6 Å². The first-order chi connectivity index (χ1) is 15.3. The summed E-state index contributed by atoms with van der Waals surface area (Å²) in [5.41, 5.74) is 5.97. The van der Waals surface area contributed by atoms with E-state index in [2.05, 4.69) is 82.4 Å². The number of hydrogen-bond donors (Lipinski definition) is 1. The highest BCUT2D eigenvalue weighted by molar-refractivity contribution is 6.62. The van der Waals surface area contributed by atoms with E-state index in [1.807, 2.05) is 0 Å². The van der Waals surface area contributed by atoms with Crippen molar-refractivity contribution in [2.24, 2.45) is 0 Å². The summed E-state index contributed by atoms with van der Waals surface area (Å²) in [5.74, 6) is 0. The Hall–Kier alpha value is -1.78. The van der Waals surface area contributed by atoms with Gasteiger partial charge in [-0.25, -0.2) is 0 Å². The smallest absolute Gasteiger partial charge is 0.399 e. The van der Waals surface area contributed by atoms with E-state index >= 15 is 0 Å². The van der Waals surface area contributed by atoms with Crippen LogP contribution in [0.25, 0.3) is 0 Å². The van der Waals surface area contributed by atoms with Crippen LogP contribution in [0.2, 0.25) is 0 Å². The molecule has 172 valence electrons. The van der Waals surface area contributed by atoms with Gasteiger partial charge in [0.1, 0.15) is 0 Å². The SMILES string of the molecule is CCCCCCc1ccc(NC2CCCc3cccc(B4OC(C)(C)C(C)(C)O4)c32)cc1. The number of aryl methyl sites for hydroxylation is 2. The maximum Gasteiger partial charge on any atom is 0.495 e. The molecule has 0 saturated carbocycles. The van der Waals surface area contributed by atoms with Crippen molar-refractivity contribution in [3.63, 3.8) is 0 Å². The van der Waals surface area contributed by atoms with Crippen LogP contribution >= 0.6 is 0 Å². The van der Waals surface area contributed by atoms with E-state index in [0.29, 0.717) is 0 Å². The third-order valence-corrected chi connectivity index (χ3v) is 7.64. The van der Waals surface area contributed by atoms with E-state index in [1.54, 1.807) is 0 Å². The molecule has 2 aromatic carbocycles. The van der Waals surface area contributed by atoms with E-state index in [1.165, 1.54) is 66.4 Å². The third kappa shape index (κ3) is 4.92. The Labute approximate surface area is 195 Å². The number of hydrogen-bond acceptors (Lipinski definition) is 3. The van der Waals surface area contributed by atoms with E-state index in [4.69, 9.17) is 9.31 Å². The standard InChI is InChI=1S/C28H40BNO2/c1-6-7-8-9-12-21-17-19-23(20-18-21)30-25-16-11-14-22-13-10-15-24(26(22)25)29-31-27(2,3)28(4,5)32-29/h10,13,15,17-20,25,30H,6-9,11-12,14,16H2,1-5H3. The van der Waals surface area contributed by atoms with Crippen molar-refractivity contribution in [3.8, 4) is 0 Å². The van der Waals surface area contributed by atoms with Crippen LogP contribution in [0.15, 0.2) is 42.5 Å². The number of anilines is 1. The lowest BCUT2D eigenvalue weighted by Gasteiger charge is -2.32. The molecule has 1 N–H and O–H groups in total. The van der Waals surface area contributed by atoms with Gasteiger partial charge in [0, 0.05) is 5.69 Å². The molecular formula is C28H40BNO2. The average Bonchev–Trinajstić information content (AvgIpc) is 2.99. The highest BCUT2D eigenvalue weighted by Crippen LogP contribution is 2.38. The number of nitrogens with one attached hydrogen (secondary N) is 1. The van der Waals surface area contributed by atoms with Gasteiger partial charge in [-0.3, -0.25) is 0 Å². The first-order valence-corrected chi connectivity index (χ1v) is 12.6. The molecule has 4 rings (SSSR count). The van der Waals surface area contributed by atoms with Gasteiger partial charge in [-0.2, -0.15) is 0 Å². The van der Waals surface area contributed by atoms with Crippen molar-refractivity contribution in [2.75, 3.05) is 5.32 Å². The highest BCUT2D eigenvalue weighted by atomic mass is 16.7. The van der Waals surface area contributed by atoms with E-state index in [-0.39, 0.29) is 24.4 Å². The molecule has 1 saturated heterocycles. The molecule has 1 aliphatic heterocycles. The zero-order valence-electron chi connectivity index (χ0n) is 20.7. The third-order valence-electron chi connectivity index (χ3n) is 7.64. The molecule has 1 atom stereocenters. The van der Waals surface area contributed by atoms with Gasteiger partial charge in [0.15, 0.2) is 0 Å². The second kappa shape index (κ2) is 9.61.